The predicted molar refractivity (Wildman–Crippen MR) is 95.9 cm³/mol. The molecule has 0 N–H and O–H groups in total. The summed E-state index contributed by atoms with van der Waals surface area (Å²) in [6, 6.07) is 8.31. The third-order valence-corrected chi connectivity index (χ3v) is 5.83. The zero-order valence-electron chi connectivity index (χ0n) is 15.2. The van der Waals surface area contributed by atoms with Crippen LogP contribution in [0, 0.1) is 13.8 Å². The lowest BCUT2D eigenvalue weighted by atomic mass is 9.83. The highest BCUT2D eigenvalue weighted by Crippen LogP contribution is 2.39. The van der Waals surface area contributed by atoms with Crippen LogP contribution in [0.15, 0.2) is 24.3 Å². The Morgan fingerprint density at radius 3 is 2.56 bits per heavy atom. The Bertz CT molecular complexity index is 816. The number of piperidine rings is 1. The molecule has 1 spiro atoms. The van der Waals surface area contributed by atoms with E-state index in [-0.39, 0.29) is 11.5 Å². The maximum Gasteiger partial charge on any atom is 0.257 e. The van der Waals surface area contributed by atoms with Gasteiger partial charge in [0.15, 0.2) is 0 Å². The number of rotatable bonds is 1. The van der Waals surface area contributed by atoms with Crippen LogP contribution in [0.3, 0.4) is 0 Å². The molecule has 0 bridgehead atoms. The number of carbonyl (C=O) groups is 1. The number of carbonyl (C=O) groups excluding carboxylic acids is 1. The molecule has 4 rings (SSSR count). The maximum absolute atomic E-state index is 13.0. The molecule has 1 amide bonds. The van der Waals surface area contributed by atoms with Gasteiger partial charge in [-0.15, -0.1) is 0 Å². The Morgan fingerprint density at radius 1 is 1.16 bits per heavy atom. The number of aryl methyl sites for hydroxylation is 3. The monoisotopic (exact) mass is 339 g/mol. The molecule has 132 valence electrons. The minimum atomic E-state index is -0.107. The molecule has 1 aromatic heterocycles. The maximum atomic E-state index is 13.0. The highest BCUT2D eigenvalue weighted by Gasteiger charge is 2.40. The van der Waals surface area contributed by atoms with E-state index in [0.717, 1.165) is 61.5 Å². The molecule has 0 atom stereocenters. The van der Waals surface area contributed by atoms with Gasteiger partial charge < -0.3 is 9.64 Å². The van der Waals surface area contributed by atoms with Gasteiger partial charge in [0.1, 0.15) is 11.4 Å². The molecule has 25 heavy (non-hydrogen) atoms. The van der Waals surface area contributed by atoms with Gasteiger partial charge in [-0.05, 0) is 38.3 Å². The molecule has 1 aromatic carbocycles. The molecule has 2 aromatic rings. The molecule has 0 unspecified atom stereocenters. The summed E-state index contributed by atoms with van der Waals surface area (Å²) in [7, 11) is 1.89. The fourth-order valence-electron chi connectivity index (χ4n) is 4.17. The van der Waals surface area contributed by atoms with Crippen LogP contribution in [0.4, 0.5) is 0 Å². The Kier molecular flexibility index (Phi) is 3.82. The van der Waals surface area contributed by atoms with Crippen molar-refractivity contribution < 1.29 is 9.53 Å². The smallest absolute Gasteiger partial charge is 0.257 e. The van der Waals surface area contributed by atoms with Gasteiger partial charge in [-0.2, -0.15) is 5.10 Å². The van der Waals surface area contributed by atoms with E-state index in [1.165, 1.54) is 5.56 Å². The van der Waals surface area contributed by atoms with Crippen molar-refractivity contribution in [2.75, 3.05) is 13.1 Å². The van der Waals surface area contributed by atoms with Gasteiger partial charge in [0.05, 0.1) is 11.3 Å². The van der Waals surface area contributed by atoms with Crippen LogP contribution in [-0.2, 0) is 13.5 Å². The van der Waals surface area contributed by atoms with Gasteiger partial charge in [-0.3, -0.25) is 9.48 Å². The van der Waals surface area contributed by atoms with Crippen LogP contribution in [0.2, 0.25) is 0 Å². The number of fused-ring (bicyclic) bond motifs is 1. The van der Waals surface area contributed by atoms with E-state index in [0.29, 0.717) is 0 Å². The number of hydrogen-bond donors (Lipinski definition) is 0. The Morgan fingerprint density at radius 2 is 1.88 bits per heavy atom. The summed E-state index contributed by atoms with van der Waals surface area (Å²) in [4.78, 5) is 14.9. The molecule has 5 nitrogen and oxygen atoms in total. The summed E-state index contributed by atoms with van der Waals surface area (Å²) in [5.74, 6) is 1.13. The predicted octanol–water partition coefficient (Wildman–Crippen LogP) is 3.04. The SMILES string of the molecule is Cc1nn(C)c(C)c1C(=O)N1CCC2(CCc3ccccc3O2)CC1. The molecule has 2 aliphatic rings. The number of para-hydroxylation sites is 1. The topological polar surface area (TPSA) is 47.4 Å². The number of likely N-dealkylation sites (tertiary alicyclic amines) is 1. The minimum absolute atomic E-state index is 0.106. The lowest BCUT2D eigenvalue weighted by Crippen LogP contribution is -2.51. The molecular weight excluding hydrogens is 314 g/mol. The summed E-state index contributed by atoms with van der Waals surface area (Å²) >= 11 is 0. The van der Waals surface area contributed by atoms with Crippen LogP contribution in [-0.4, -0.2) is 39.3 Å². The standard InChI is InChI=1S/C20H25N3O2/c1-14-18(15(2)22(3)21-14)19(24)23-12-10-20(11-13-23)9-8-16-6-4-5-7-17(16)25-20/h4-7H,8-13H2,1-3H3. The highest BCUT2D eigenvalue weighted by molar-refractivity contribution is 5.96. The van der Waals surface area contributed by atoms with Crippen molar-refractivity contribution in [1.29, 1.82) is 0 Å². The van der Waals surface area contributed by atoms with Crippen LogP contribution in [0.1, 0.15) is 46.6 Å². The summed E-state index contributed by atoms with van der Waals surface area (Å²) in [5.41, 5.74) is 3.70. The number of aromatic nitrogens is 2. The van der Waals surface area contributed by atoms with Crippen molar-refractivity contribution in [2.24, 2.45) is 7.05 Å². The van der Waals surface area contributed by atoms with E-state index in [9.17, 15) is 4.79 Å². The van der Waals surface area contributed by atoms with Gasteiger partial charge >= 0.3 is 0 Å². The summed E-state index contributed by atoms with van der Waals surface area (Å²) < 4.78 is 8.18. The Balaban J connectivity index is 1.48. The molecule has 1 saturated heterocycles. The van der Waals surface area contributed by atoms with E-state index in [2.05, 4.69) is 23.3 Å². The second-order valence-electron chi connectivity index (χ2n) is 7.35. The van der Waals surface area contributed by atoms with Gasteiger partial charge in [0.25, 0.3) is 5.91 Å². The van der Waals surface area contributed by atoms with Crippen LogP contribution >= 0.6 is 0 Å². The zero-order chi connectivity index (χ0) is 17.6. The second kappa shape index (κ2) is 5.90. The fourth-order valence-corrected chi connectivity index (χ4v) is 4.17. The third-order valence-electron chi connectivity index (χ3n) is 5.83. The average molecular weight is 339 g/mol. The molecule has 2 aliphatic heterocycles. The van der Waals surface area contributed by atoms with Crippen LogP contribution in [0.5, 0.6) is 5.75 Å². The van der Waals surface area contributed by atoms with Crippen molar-refractivity contribution in [3.05, 3.63) is 46.8 Å². The Hall–Kier alpha value is -2.30. The van der Waals surface area contributed by atoms with Crippen LogP contribution < -0.4 is 4.74 Å². The van der Waals surface area contributed by atoms with Crippen molar-refractivity contribution in [3.8, 4) is 5.75 Å². The molecule has 3 heterocycles. The Labute approximate surface area is 148 Å². The largest absolute Gasteiger partial charge is 0.487 e. The molecular formula is C20H25N3O2. The second-order valence-corrected chi connectivity index (χ2v) is 7.35. The van der Waals surface area contributed by atoms with E-state index in [1.807, 2.05) is 31.9 Å². The molecule has 0 aliphatic carbocycles. The van der Waals surface area contributed by atoms with Crippen molar-refractivity contribution in [2.45, 2.75) is 45.1 Å². The van der Waals surface area contributed by atoms with Crippen molar-refractivity contribution in [1.82, 2.24) is 14.7 Å². The first-order valence-corrected chi connectivity index (χ1v) is 9.05. The summed E-state index contributed by atoms with van der Waals surface area (Å²) in [5, 5.41) is 4.38. The van der Waals surface area contributed by atoms with E-state index in [1.54, 1.807) is 4.68 Å². The molecule has 0 saturated carbocycles. The fraction of sp³-hybridized carbons (Fsp3) is 0.500. The van der Waals surface area contributed by atoms with Crippen LogP contribution in [0.25, 0.3) is 0 Å². The highest BCUT2D eigenvalue weighted by atomic mass is 16.5. The summed E-state index contributed by atoms with van der Waals surface area (Å²) in [6.07, 6.45) is 3.89. The number of nitrogens with zero attached hydrogens (tertiary/aromatic N) is 3. The first kappa shape index (κ1) is 16.2. The lowest BCUT2D eigenvalue weighted by molar-refractivity contribution is -0.0107. The first-order valence-electron chi connectivity index (χ1n) is 9.05. The van der Waals surface area contributed by atoms with Crippen molar-refractivity contribution >= 4 is 5.91 Å². The molecule has 1 fully saturated rings. The quantitative estimate of drug-likeness (QED) is 0.802. The van der Waals surface area contributed by atoms with Gasteiger partial charge in [0.2, 0.25) is 0 Å². The minimum Gasteiger partial charge on any atom is -0.487 e. The average Bonchev–Trinajstić information content (AvgIpc) is 2.87. The van der Waals surface area contributed by atoms with E-state index in [4.69, 9.17) is 4.74 Å². The van der Waals surface area contributed by atoms with E-state index < -0.39 is 0 Å². The number of hydrogen-bond acceptors (Lipinski definition) is 3. The van der Waals surface area contributed by atoms with E-state index >= 15 is 0 Å². The van der Waals surface area contributed by atoms with Gasteiger partial charge in [-0.25, -0.2) is 0 Å². The first-order chi connectivity index (χ1) is 12.0. The van der Waals surface area contributed by atoms with Gasteiger partial charge in [-0.1, -0.05) is 18.2 Å². The molecule has 0 radical (unpaired) electrons. The third kappa shape index (κ3) is 2.71. The lowest BCUT2D eigenvalue weighted by Gasteiger charge is -2.44. The van der Waals surface area contributed by atoms with Crippen molar-refractivity contribution in [3.63, 3.8) is 0 Å². The number of ether oxygens (including phenoxy) is 1. The zero-order valence-corrected chi connectivity index (χ0v) is 15.2. The van der Waals surface area contributed by atoms with Gasteiger partial charge in [0, 0.05) is 38.7 Å². The number of benzene rings is 1. The molecule has 5 heteroatoms. The normalized spacial score (nSPS) is 18.8. The summed E-state index contributed by atoms with van der Waals surface area (Å²) in [6.45, 7) is 5.36. The number of amides is 1.